The number of hydrogen-bond acceptors (Lipinski definition) is 2. The fourth-order valence-corrected chi connectivity index (χ4v) is 1.07. The second-order valence-corrected chi connectivity index (χ2v) is 2.90. The van der Waals surface area contributed by atoms with Crippen LogP contribution in [-0.2, 0) is 6.42 Å². The fraction of sp³-hybridized carbons (Fsp3) is 0.300. The van der Waals surface area contributed by atoms with E-state index in [1.54, 1.807) is 0 Å². The summed E-state index contributed by atoms with van der Waals surface area (Å²) in [7, 11) is 0. The number of nitrogens with zero attached hydrogens (tertiary/aromatic N) is 1. The van der Waals surface area contributed by atoms with Crippen LogP contribution >= 0.6 is 11.6 Å². The quantitative estimate of drug-likeness (QED) is 0.692. The number of benzene rings is 1. The molecule has 0 aliphatic rings. The molecule has 68 valence electrons. The average molecular weight is 196 g/mol. The number of hydrogen-bond donors (Lipinski definition) is 0. The van der Waals surface area contributed by atoms with Gasteiger partial charge in [-0.1, -0.05) is 12.1 Å². The van der Waals surface area contributed by atoms with Gasteiger partial charge in [0.15, 0.2) is 0 Å². The van der Waals surface area contributed by atoms with Crippen LogP contribution in [-0.4, -0.2) is 12.5 Å². The third-order valence-corrected chi connectivity index (χ3v) is 1.68. The van der Waals surface area contributed by atoms with Crippen LogP contribution in [0.3, 0.4) is 0 Å². The molecular formula is C10H10ClNO. The Morgan fingerprint density at radius 1 is 1.46 bits per heavy atom. The Labute approximate surface area is 82.7 Å². The van der Waals surface area contributed by atoms with Crippen molar-refractivity contribution < 1.29 is 4.74 Å². The van der Waals surface area contributed by atoms with Crippen molar-refractivity contribution in [2.45, 2.75) is 6.42 Å². The third-order valence-electron chi connectivity index (χ3n) is 1.53. The highest BCUT2D eigenvalue weighted by Crippen LogP contribution is 2.13. The van der Waals surface area contributed by atoms with E-state index in [1.807, 2.05) is 24.3 Å². The molecule has 0 fully saturated rings. The Hall–Kier alpha value is -1.20. The minimum atomic E-state index is 0.415. The molecule has 0 spiro atoms. The zero-order chi connectivity index (χ0) is 9.52. The number of halogens is 1. The molecule has 0 amide bonds. The molecule has 2 nitrogen and oxygen atoms in total. The average Bonchev–Trinajstić information content (AvgIpc) is 2.16. The first-order valence-electron chi connectivity index (χ1n) is 4.01. The number of alkyl halides is 1. The van der Waals surface area contributed by atoms with Crippen molar-refractivity contribution in [1.82, 2.24) is 0 Å². The van der Waals surface area contributed by atoms with E-state index in [1.165, 1.54) is 0 Å². The van der Waals surface area contributed by atoms with E-state index in [2.05, 4.69) is 6.07 Å². The Balaban J connectivity index is 2.63. The van der Waals surface area contributed by atoms with Gasteiger partial charge in [-0.2, -0.15) is 5.26 Å². The summed E-state index contributed by atoms with van der Waals surface area (Å²) in [5.74, 6) is 1.25. The second kappa shape index (κ2) is 5.45. The van der Waals surface area contributed by atoms with Gasteiger partial charge in [-0.3, -0.25) is 0 Å². The number of rotatable bonds is 4. The zero-order valence-electron chi connectivity index (χ0n) is 7.16. The summed E-state index contributed by atoms with van der Waals surface area (Å²) in [5.41, 5.74) is 0.967. The van der Waals surface area contributed by atoms with Gasteiger partial charge >= 0.3 is 0 Å². The Kier molecular flexibility index (Phi) is 4.14. The molecule has 0 aliphatic heterocycles. The molecule has 0 unspecified atom stereocenters. The highest BCUT2D eigenvalue weighted by Gasteiger charge is 1.95. The largest absolute Gasteiger partial charge is 0.492 e. The van der Waals surface area contributed by atoms with Crippen molar-refractivity contribution in [2.75, 3.05) is 12.5 Å². The first kappa shape index (κ1) is 9.88. The minimum Gasteiger partial charge on any atom is -0.492 e. The molecular weight excluding hydrogens is 186 g/mol. The van der Waals surface area contributed by atoms with Gasteiger partial charge < -0.3 is 4.74 Å². The lowest BCUT2D eigenvalue weighted by atomic mass is 10.2. The summed E-state index contributed by atoms with van der Waals surface area (Å²) in [6.45, 7) is 0.498. The second-order valence-electron chi connectivity index (χ2n) is 2.52. The lowest BCUT2D eigenvalue weighted by molar-refractivity contribution is 0.342. The van der Waals surface area contributed by atoms with Crippen molar-refractivity contribution in [3.05, 3.63) is 29.8 Å². The molecule has 0 aromatic heterocycles. The highest BCUT2D eigenvalue weighted by atomic mass is 35.5. The van der Waals surface area contributed by atoms with Gasteiger partial charge in [-0.15, -0.1) is 11.6 Å². The predicted molar refractivity (Wildman–Crippen MR) is 52.0 cm³/mol. The minimum absolute atomic E-state index is 0.415. The molecule has 0 saturated carbocycles. The molecule has 0 radical (unpaired) electrons. The van der Waals surface area contributed by atoms with Gasteiger partial charge in [0.05, 0.1) is 18.4 Å². The Morgan fingerprint density at radius 2 is 2.31 bits per heavy atom. The van der Waals surface area contributed by atoms with Gasteiger partial charge in [0.1, 0.15) is 12.4 Å². The molecule has 0 atom stereocenters. The lowest BCUT2D eigenvalue weighted by Crippen LogP contribution is -1.98. The highest BCUT2D eigenvalue weighted by molar-refractivity contribution is 6.17. The van der Waals surface area contributed by atoms with Crippen molar-refractivity contribution in [3.63, 3.8) is 0 Å². The normalized spacial score (nSPS) is 9.23. The maximum absolute atomic E-state index is 8.47. The zero-order valence-corrected chi connectivity index (χ0v) is 7.92. The van der Waals surface area contributed by atoms with Gasteiger partial charge in [0.25, 0.3) is 0 Å². The maximum Gasteiger partial charge on any atom is 0.119 e. The van der Waals surface area contributed by atoms with Gasteiger partial charge in [-0.05, 0) is 17.7 Å². The molecule has 1 aromatic rings. The predicted octanol–water partition coefficient (Wildman–Crippen LogP) is 2.37. The van der Waals surface area contributed by atoms with Crippen LogP contribution in [0.2, 0.25) is 0 Å². The Morgan fingerprint density at radius 3 is 3.00 bits per heavy atom. The van der Waals surface area contributed by atoms with Crippen molar-refractivity contribution in [3.8, 4) is 11.8 Å². The van der Waals surface area contributed by atoms with E-state index in [0.717, 1.165) is 11.3 Å². The summed E-state index contributed by atoms with van der Waals surface area (Å²) in [6.07, 6.45) is 0.415. The van der Waals surface area contributed by atoms with Gasteiger partial charge in [0, 0.05) is 0 Å². The third kappa shape index (κ3) is 3.35. The number of ether oxygens (including phenoxy) is 1. The summed E-state index contributed by atoms with van der Waals surface area (Å²) < 4.78 is 5.30. The molecule has 3 heteroatoms. The molecule has 0 N–H and O–H groups in total. The van der Waals surface area contributed by atoms with Crippen LogP contribution in [0.25, 0.3) is 0 Å². The van der Waals surface area contributed by atoms with E-state index >= 15 is 0 Å². The SMILES string of the molecule is N#CCc1cccc(OCCCl)c1. The molecule has 0 bridgehead atoms. The molecule has 0 heterocycles. The molecule has 0 saturated heterocycles. The van der Waals surface area contributed by atoms with E-state index in [4.69, 9.17) is 21.6 Å². The van der Waals surface area contributed by atoms with Crippen LogP contribution in [0, 0.1) is 11.3 Å². The van der Waals surface area contributed by atoms with Crippen LogP contribution in [0.15, 0.2) is 24.3 Å². The first-order valence-corrected chi connectivity index (χ1v) is 4.55. The molecule has 0 aliphatic carbocycles. The molecule has 1 rings (SSSR count). The molecule has 1 aromatic carbocycles. The Bertz CT molecular complexity index is 306. The summed E-state index contributed by atoms with van der Waals surface area (Å²) in [4.78, 5) is 0. The van der Waals surface area contributed by atoms with Gasteiger partial charge in [0.2, 0.25) is 0 Å². The van der Waals surface area contributed by atoms with Crippen LogP contribution in [0.5, 0.6) is 5.75 Å². The van der Waals surface area contributed by atoms with E-state index in [9.17, 15) is 0 Å². The van der Waals surface area contributed by atoms with Crippen molar-refractivity contribution in [1.29, 1.82) is 5.26 Å². The maximum atomic E-state index is 8.47. The monoisotopic (exact) mass is 195 g/mol. The fourth-order valence-electron chi connectivity index (χ4n) is 0.993. The van der Waals surface area contributed by atoms with Crippen molar-refractivity contribution >= 4 is 11.6 Å². The van der Waals surface area contributed by atoms with Crippen LogP contribution in [0.4, 0.5) is 0 Å². The molecule has 13 heavy (non-hydrogen) atoms. The van der Waals surface area contributed by atoms with Crippen LogP contribution < -0.4 is 4.74 Å². The first-order chi connectivity index (χ1) is 6.36. The van der Waals surface area contributed by atoms with E-state index < -0.39 is 0 Å². The lowest BCUT2D eigenvalue weighted by Gasteiger charge is -2.04. The summed E-state index contributed by atoms with van der Waals surface area (Å²) >= 11 is 5.48. The van der Waals surface area contributed by atoms with E-state index in [-0.39, 0.29) is 0 Å². The topological polar surface area (TPSA) is 33.0 Å². The van der Waals surface area contributed by atoms with Crippen LogP contribution in [0.1, 0.15) is 5.56 Å². The number of nitriles is 1. The summed E-state index contributed by atoms with van der Waals surface area (Å²) in [6, 6.07) is 9.57. The van der Waals surface area contributed by atoms with Crippen molar-refractivity contribution in [2.24, 2.45) is 0 Å². The van der Waals surface area contributed by atoms with Gasteiger partial charge in [-0.25, -0.2) is 0 Å². The van der Waals surface area contributed by atoms with E-state index in [0.29, 0.717) is 18.9 Å². The smallest absolute Gasteiger partial charge is 0.119 e. The standard InChI is InChI=1S/C10H10ClNO/c11-5-7-13-10-3-1-2-9(8-10)4-6-12/h1-3,8H,4-5,7H2. The summed E-state index contributed by atoms with van der Waals surface area (Å²) in [5, 5.41) is 8.47.